The molecule has 4 unspecified atom stereocenters. The molecular formula is C53H94B2BrN4O12. The zero-order chi connectivity index (χ0) is 53.1. The van der Waals surface area contributed by atoms with E-state index in [2.05, 4.69) is 56.0 Å². The second kappa shape index (κ2) is 34.5. The smallest absolute Gasteiger partial charge is 0.0569 e. The molecule has 9 aliphatic rings. The number of ether oxygens (including phenoxy) is 5. The van der Waals surface area contributed by atoms with E-state index in [4.69, 9.17) is 23.7 Å². The largest absolute Gasteiger partial charge is 0.393 e. The van der Waals surface area contributed by atoms with Crippen LogP contribution in [0.2, 0.25) is 6.82 Å². The molecule has 16 nitrogen and oxygen atoms in total. The zero-order valence-electron chi connectivity index (χ0n) is 45.2. The van der Waals surface area contributed by atoms with Gasteiger partial charge in [-0.05, 0) is 157 Å². The summed E-state index contributed by atoms with van der Waals surface area (Å²) in [4.78, 5) is 36.5. The average Bonchev–Trinajstić information content (AvgIpc) is 4.18. The maximum absolute atomic E-state index is 12.2. The molecule has 0 saturated carbocycles. The van der Waals surface area contributed by atoms with Crippen molar-refractivity contribution in [3.63, 3.8) is 0 Å². The summed E-state index contributed by atoms with van der Waals surface area (Å²) in [5.41, 5.74) is -0.862. The van der Waals surface area contributed by atoms with Gasteiger partial charge in [-0.2, -0.15) is 0 Å². The van der Waals surface area contributed by atoms with Gasteiger partial charge < -0.3 is 54.3 Å². The van der Waals surface area contributed by atoms with Crippen LogP contribution < -0.4 is 10.6 Å². The average molecular weight is 1080 g/mol. The Labute approximate surface area is 443 Å². The number of piperidine rings is 4. The van der Waals surface area contributed by atoms with Crippen molar-refractivity contribution >= 4 is 42.7 Å². The van der Waals surface area contributed by atoms with Crippen molar-refractivity contribution in [1.82, 2.24) is 20.4 Å². The molecule has 411 valence electrons. The van der Waals surface area contributed by atoms with Gasteiger partial charge in [0.25, 0.3) is 0 Å². The van der Waals surface area contributed by atoms with Crippen LogP contribution in [0.5, 0.6) is 0 Å². The summed E-state index contributed by atoms with van der Waals surface area (Å²) in [6, 6.07) is 3.67. The van der Waals surface area contributed by atoms with Gasteiger partial charge in [0.1, 0.15) is 11.2 Å². The number of nitrogens with one attached hydrogen (secondary N) is 2. The third-order valence-electron chi connectivity index (χ3n) is 13.6. The van der Waals surface area contributed by atoms with Crippen LogP contribution in [-0.2, 0) is 38.1 Å². The Kier molecular flexibility index (Phi) is 30.7. The first-order chi connectivity index (χ1) is 34.3. The molecule has 9 rings (SSSR count). The second-order valence-electron chi connectivity index (χ2n) is 22.0. The molecule has 9 fully saturated rings. The Morgan fingerprint density at radius 2 is 1.01 bits per heavy atom. The van der Waals surface area contributed by atoms with E-state index in [0.717, 1.165) is 82.0 Å². The summed E-state index contributed by atoms with van der Waals surface area (Å²) in [7, 11) is 1.97. The number of hydrogen-bond acceptors (Lipinski definition) is 14. The Balaban J connectivity index is 0.000000234. The number of carbonyl (C=O) groups is 2. The monoisotopic (exact) mass is 1080 g/mol. The van der Waals surface area contributed by atoms with E-state index in [1.165, 1.54) is 58.8 Å². The summed E-state index contributed by atoms with van der Waals surface area (Å²) in [5, 5.41) is 26.8. The zero-order valence-corrected chi connectivity index (χ0v) is 46.7. The molecule has 0 spiro atoms. The fraction of sp³-hybridized carbons (Fsp3) is 0.849. The summed E-state index contributed by atoms with van der Waals surface area (Å²) >= 11 is 3.13. The first kappa shape index (κ1) is 64.1. The van der Waals surface area contributed by atoms with Crippen LogP contribution >= 0.6 is 15.9 Å². The predicted octanol–water partition coefficient (Wildman–Crippen LogP) is 8.74. The van der Waals surface area contributed by atoms with Crippen LogP contribution in [0.1, 0.15) is 157 Å². The van der Waals surface area contributed by atoms with E-state index in [-0.39, 0.29) is 61.2 Å². The molecule has 9 heterocycles. The van der Waals surface area contributed by atoms with Gasteiger partial charge in [-0.15, -0.1) is 19.7 Å². The van der Waals surface area contributed by atoms with E-state index in [9.17, 15) is 24.5 Å². The third-order valence-corrected chi connectivity index (χ3v) is 14.1. The van der Waals surface area contributed by atoms with Gasteiger partial charge in [-0.3, -0.25) is 0 Å². The van der Waals surface area contributed by atoms with Crippen molar-refractivity contribution < 1.29 is 57.9 Å². The molecule has 19 heteroatoms. The van der Waals surface area contributed by atoms with Crippen LogP contribution in [0, 0.1) is 0 Å². The van der Waals surface area contributed by atoms with Crippen molar-refractivity contribution in [3.05, 3.63) is 38.0 Å². The molecular weight excluding hydrogens is 986 g/mol. The van der Waals surface area contributed by atoms with Crippen LogP contribution in [0.25, 0.3) is 0 Å². The van der Waals surface area contributed by atoms with Crippen molar-refractivity contribution in [1.29, 1.82) is 0 Å². The fourth-order valence-corrected chi connectivity index (χ4v) is 10.9. The number of fused-ring (bicyclic) bond motifs is 8. The van der Waals surface area contributed by atoms with Gasteiger partial charge in [-0.1, -0.05) is 34.2 Å². The van der Waals surface area contributed by atoms with Crippen LogP contribution in [0.4, 0.5) is 9.59 Å². The minimum absolute atomic E-state index is 0.00958. The maximum Gasteiger partial charge on any atom is 0.0569 e. The van der Waals surface area contributed by atoms with Crippen LogP contribution in [0.3, 0.4) is 0 Å². The summed E-state index contributed by atoms with van der Waals surface area (Å²) in [5.74, 6) is 0. The fourth-order valence-electron chi connectivity index (χ4n) is 10.9. The number of carbonyl (C=O) groups excluding carboxylic acids is 2. The van der Waals surface area contributed by atoms with Crippen molar-refractivity contribution in [3.8, 4) is 0 Å². The number of aliphatic hydroxyl groups is 2. The van der Waals surface area contributed by atoms with E-state index in [0.29, 0.717) is 51.4 Å². The molecule has 2 amide bonds. The van der Waals surface area contributed by atoms with E-state index < -0.39 is 11.2 Å². The number of aliphatic hydroxyl groups excluding tert-OH is 2. The number of halogens is 1. The molecule has 0 aliphatic carbocycles. The van der Waals surface area contributed by atoms with Gasteiger partial charge in [0.2, 0.25) is 0 Å². The SMILES string of the molecule is C1CCOC1.C=CCBr.C=CCOC1C[C@H]2CC[C@@H](C1)N2.C=CCOC1C[C@H]2CC[C@@H](C1)N2C(=O)OC(C)(C)C.CC(C)(C)OC(=O)N1[C@@H]2CC[C@H]1CC(O)C2.C[B]OOCB=O.OC1C[C@H]2CC[C@@H](C1)N2. The van der Waals surface area contributed by atoms with Crippen LogP contribution in [-0.4, -0.2) is 169 Å². The van der Waals surface area contributed by atoms with Gasteiger partial charge in [0.05, 0.1) is 37.6 Å². The van der Waals surface area contributed by atoms with Crippen LogP contribution in [0.15, 0.2) is 38.0 Å². The number of rotatable bonds is 11. The summed E-state index contributed by atoms with van der Waals surface area (Å²) in [6.45, 7) is 27.1. The number of alkyl halides is 1. The van der Waals surface area contributed by atoms with Crippen molar-refractivity contribution in [2.24, 2.45) is 0 Å². The molecule has 72 heavy (non-hydrogen) atoms. The predicted molar refractivity (Wildman–Crippen MR) is 288 cm³/mol. The Hall–Kier alpha value is -2.19. The van der Waals surface area contributed by atoms with E-state index >= 15 is 0 Å². The van der Waals surface area contributed by atoms with E-state index in [1.807, 2.05) is 57.4 Å². The Bertz CT molecular complexity index is 1510. The molecule has 0 aromatic heterocycles. The number of hydrogen-bond donors (Lipinski definition) is 4. The molecule has 1 radical (unpaired) electrons. The first-order valence-electron chi connectivity index (χ1n) is 26.9. The molecule has 12 atom stereocenters. The van der Waals surface area contributed by atoms with Gasteiger partial charge >= 0.3 is 54.5 Å². The van der Waals surface area contributed by atoms with Crippen molar-refractivity contribution in [2.75, 3.05) is 38.3 Å². The molecule has 9 aliphatic heterocycles. The molecule has 0 aromatic rings. The molecule has 4 N–H and O–H groups in total. The third kappa shape index (κ3) is 25.1. The van der Waals surface area contributed by atoms with Crippen molar-refractivity contribution in [2.45, 2.75) is 248 Å². The summed E-state index contributed by atoms with van der Waals surface area (Å²) < 4.78 is 36.7. The minimum Gasteiger partial charge on any atom is -0.393 e. The Morgan fingerprint density at radius 3 is 1.35 bits per heavy atom. The topological polar surface area (TPSA) is 187 Å². The standard InChI is InChI=1S/C15H25NO3.C12H21NO3.C10H17NO.C7H13NO.C4H8O.C3H5Br.C2H5B2O3/c1-5-8-18-13-9-11-6-7-12(10-13)16(11)14(17)19-15(2,3)4;1-12(2,3)16-11(15)13-8-4-5-9(13)7-10(14)6-8;1-2-5-12-10-6-8-3-4-9(7-10)11-8;9-7-3-5-1-2-6(4-7)8-5;1-2-4-5-3-1;1-2-3-4;1-3-7-6-2-4-5/h5,11-13H,1,6-10H2,2-4H3;8-10,14H,4-7H2,1-3H3;2,8-11H,1,3-7H2;5-9H,1-4H2;1-4H2;2H,1,3H2;2H2,1H3/t11-,12+,13?;2*8-,9+,10?;5-,6+,7?;;;. The minimum atomic E-state index is -0.438. The molecule has 9 saturated heterocycles. The first-order valence-corrected chi connectivity index (χ1v) is 28.1. The number of nitrogens with zero attached hydrogens (tertiary/aromatic N) is 2. The molecule has 0 aromatic carbocycles. The second-order valence-corrected chi connectivity index (χ2v) is 22.7. The number of allylic oxidation sites excluding steroid dienone is 1. The molecule has 8 bridgehead atoms. The normalized spacial score (nSPS) is 31.1. The quantitative estimate of drug-likeness (QED) is 0.0384. The maximum atomic E-state index is 12.2. The van der Waals surface area contributed by atoms with Gasteiger partial charge in [0.15, 0.2) is 0 Å². The van der Waals surface area contributed by atoms with Gasteiger partial charge in [-0.25, -0.2) is 9.59 Å². The van der Waals surface area contributed by atoms with Gasteiger partial charge in [0, 0.05) is 66.9 Å². The summed E-state index contributed by atoms with van der Waals surface area (Å²) in [6.07, 6.45) is 25.1. The number of amides is 2. The van der Waals surface area contributed by atoms with E-state index in [1.54, 1.807) is 19.0 Å². The Morgan fingerprint density at radius 1 is 0.639 bits per heavy atom.